The third-order valence-electron chi connectivity index (χ3n) is 2.85. The van der Waals surface area contributed by atoms with Crippen LogP contribution in [-0.4, -0.2) is 18.5 Å². The number of hydrogen-bond acceptors (Lipinski definition) is 3. The van der Waals surface area contributed by atoms with E-state index in [4.69, 9.17) is 27.9 Å². The minimum absolute atomic E-state index is 0.0184. The Morgan fingerprint density at radius 2 is 1.88 bits per heavy atom. The van der Waals surface area contributed by atoms with Gasteiger partial charge in [-0.25, -0.2) is 9.18 Å². The molecule has 2 aromatic rings. The number of nitrogens with one attached hydrogen (secondary N) is 1. The minimum atomic E-state index is -0.718. The molecule has 0 bridgehead atoms. The number of rotatable bonds is 5. The van der Waals surface area contributed by atoms with Crippen LogP contribution in [0.25, 0.3) is 6.08 Å². The van der Waals surface area contributed by atoms with Crippen LogP contribution >= 0.6 is 23.2 Å². The van der Waals surface area contributed by atoms with Crippen LogP contribution in [0.1, 0.15) is 5.56 Å². The fourth-order valence-corrected chi connectivity index (χ4v) is 2.02. The number of amides is 1. The van der Waals surface area contributed by atoms with Crippen LogP contribution in [0.15, 0.2) is 48.5 Å². The number of ether oxygens (including phenoxy) is 1. The van der Waals surface area contributed by atoms with Gasteiger partial charge in [-0.2, -0.15) is 0 Å². The predicted molar refractivity (Wildman–Crippen MR) is 91.5 cm³/mol. The molecular weight excluding hydrogens is 356 g/mol. The van der Waals surface area contributed by atoms with Gasteiger partial charge in [0, 0.05) is 6.08 Å². The molecule has 1 N–H and O–H groups in total. The zero-order chi connectivity index (χ0) is 17.5. The van der Waals surface area contributed by atoms with Gasteiger partial charge in [0.1, 0.15) is 5.82 Å². The first kappa shape index (κ1) is 18.0. The van der Waals surface area contributed by atoms with Crippen molar-refractivity contribution in [2.24, 2.45) is 0 Å². The van der Waals surface area contributed by atoms with Crippen LogP contribution in [0.5, 0.6) is 0 Å². The van der Waals surface area contributed by atoms with Crippen molar-refractivity contribution < 1.29 is 18.7 Å². The lowest BCUT2D eigenvalue weighted by atomic mass is 10.2. The van der Waals surface area contributed by atoms with E-state index >= 15 is 0 Å². The molecule has 0 spiro atoms. The number of carbonyl (C=O) groups is 2. The summed E-state index contributed by atoms with van der Waals surface area (Å²) in [5.74, 6) is -1.93. The molecule has 0 atom stereocenters. The summed E-state index contributed by atoms with van der Waals surface area (Å²) in [7, 11) is 0. The van der Waals surface area contributed by atoms with E-state index < -0.39 is 24.3 Å². The molecule has 0 aromatic heterocycles. The number of carbonyl (C=O) groups excluding carboxylic acids is 2. The minimum Gasteiger partial charge on any atom is -0.452 e. The van der Waals surface area contributed by atoms with E-state index in [0.29, 0.717) is 15.6 Å². The van der Waals surface area contributed by atoms with Gasteiger partial charge in [-0.05, 0) is 35.9 Å². The van der Waals surface area contributed by atoms with Gasteiger partial charge in [0.05, 0.1) is 15.7 Å². The average Bonchev–Trinajstić information content (AvgIpc) is 2.56. The highest BCUT2D eigenvalue weighted by Crippen LogP contribution is 2.23. The van der Waals surface area contributed by atoms with Gasteiger partial charge in [-0.15, -0.1) is 0 Å². The average molecular weight is 368 g/mol. The van der Waals surface area contributed by atoms with E-state index in [2.05, 4.69) is 5.32 Å². The molecule has 0 aliphatic rings. The quantitative estimate of drug-likeness (QED) is 0.632. The summed E-state index contributed by atoms with van der Waals surface area (Å²) in [4.78, 5) is 23.2. The summed E-state index contributed by atoms with van der Waals surface area (Å²) in [5.41, 5.74) is 0.669. The zero-order valence-corrected chi connectivity index (χ0v) is 13.8. The van der Waals surface area contributed by atoms with Crippen LogP contribution < -0.4 is 5.32 Å². The fraction of sp³-hybridized carbons (Fsp3) is 0.0588. The maximum absolute atomic E-state index is 13.4. The Balaban J connectivity index is 1.84. The summed E-state index contributed by atoms with van der Waals surface area (Å²) in [6.45, 7) is -0.529. The standard InChI is InChI=1S/C17H12Cl2FNO3/c18-12-7-5-11(9-13(12)19)6-8-17(23)24-10-16(22)21-15-4-2-1-3-14(15)20/h1-9H,10H2,(H,21,22)/b8-6+. The van der Waals surface area contributed by atoms with Crippen molar-refractivity contribution in [2.45, 2.75) is 0 Å². The van der Waals surface area contributed by atoms with Crippen LogP contribution in [0, 0.1) is 5.82 Å². The van der Waals surface area contributed by atoms with Gasteiger partial charge < -0.3 is 10.1 Å². The van der Waals surface area contributed by atoms with Crippen LogP contribution in [0.2, 0.25) is 10.0 Å². The van der Waals surface area contributed by atoms with Crippen LogP contribution in [0.3, 0.4) is 0 Å². The summed E-state index contributed by atoms with van der Waals surface area (Å²) in [5, 5.41) is 3.07. The smallest absolute Gasteiger partial charge is 0.331 e. The Hall–Kier alpha value is -2.37. The predicted octanol–water partition coefficient (Wildman–Crippen LogP) is 4.33. The van der Waals surface area contributed by atoms with E-state index in [1.54, 1.807) is 24.3 Å². The Kier molecular flexibility index (Phi) is 6.35. The topological polar surface area (TPSA) is 55.4 Å². The largest absolute Gasteiger partial charge is 0.452 e. The maximum atomic E-state index is 13.4. The number of anilines is 1. The van der Waals surface area contributed by atoms with Crippen molar-refractivity contribution in [3.05, 3.63) is 70.0 Å². The van der Waals surface area contributed by atoms with Gasteiger partial charge in [0.2, 0.25) is 0 Å². The molecule has 7 heteroatoms. The lowest BCUT2D eigenvalue weighted by Gasteiger charge is -2.06. The lowest BCUT2D eigenvalue weighted by molar-refractivity contribution is -0.142. The molecule has 4 nitrogen and oxygen atoms in total. The van der Waals surface area contributed by atoms with E-state index in [1.165, 1.54) is 24.3 Å². The number of hydrogen-bond donors (Lipinski definition) is 1. The molecule has 2 aromatic carbocycles. The highest BCUT2D eigenvalue weighted by Gasteiger charge is 2.08. The van der Waals surface area contributed by atoms with E-state index in [-0.39, 0.29) is 5.69 Å². The molecule has 2 rings (SSSR count). The summed E-state index contributed by atoms with van der Waals surface area (Å²) < 4.78 is 18.1. The number of halogens is 3. The van der Waals surface area contributed by atoms with Crippen molar-refractivity contribution >= 4 is 46.8 Å². The van der Waals surface area contributed by atoms with E-state index in [0.717, 1.165) is 6.08 Å². The Morgan fingerprint density at radius 1 is 1.12 bits per heavy atom. The fourth-order valence-electron chi connectivity index (χ4n) is 1.71. The van der Waals surface area contributed by atoms with Gasteiger partial charge >= 0.3 is 5.97 Å². The first-order valence-electron chi connectivity index (χ1n) is 6.80. The Labute approximate surface area is 147 Å². The molecule has 0 saturated carbocycles. The first-order chi connectivity index (χ1) is 11.5. The van der Waals surface area contributed by atoms with E-state index in [9.17, 15) is 14.0 Å². The second kappa shape index (κ2) is 8.47. The number of esters is 1. The SMILES string of the molecule is O=C(COC(=O)/C=C/c1ccc(Cl)c(Cl)c1)Nc1ccccc1F. The van der Waals surface area contributed by atoms with Crippen molar-refractivity contribution in [1.82, 2.24) is 0 Å². The molecular formula is C17H12Cl2FNO3. The van der Waals surface area contributed by atoms with Crippen molar-refractivity contribution in [3.63, 3.8) is 0 Å². The van der Waals surface area contributed by atoms with Gasteiger partial charge in [0.15, 0.2) is 6.61 Å². The van der Waals surface area contributed by atoms with Gasteiger partial charge in [0.25, 0.3) is 5.91 Å². The summed E-state index contributed by atoms with van der Waals surface area (Å²) >= 11 is 11.6. The van der Waals surface area contributed by atoms with E-state index in [1.807, 2.05) is 0 Å². The number of para-hydroxylation sites is 1. The molecule has 0 radical (unpaired) electrons. The summed E-state index contributed by atoms with van der Waals surface area (Å²) in [6, 6.07) is 10.5. The molecule has 24 heavy (non-hydrogen) atoms. The second-order valence-corrected chi connectivity index (χ2v) is 5.46. The molecule has 0 fully saturated rings. The first-order valence-corrected chi connectivity index (χ1v) is 7.55. The zero-order valence-electron chi connectivity index (χ0n) is 12.3. The number of benzene rings is 2. The highest BCUT2D eigenvalue weighted by atomic mass is 35.5. The van der Waals surface area contributed by atoms with Gasteiger partial charge in [-0.3, -0.25) is 4.79 Å². The molecule has 1 amide bonds. The second-order valence-electron chi connectivity index (χ2n) is 4.64. The Bertz CT molecular complexity index is 793. The lowest BCUT2D eigenvalue weighted by Crippen LogP contribution is -2.20. The van der Waals surface area contributed by atoms with Crippen molar-refractivity contribution in [2.75, 3.05) is 11.9 Å². The summed E-state index contributed by atoms with van der Waals surface area (Å²) in [6.07, 6.45) is 2.62. The van der Waals surface area contributed by atoms with Crippen molar-refractivity contribution in [3.8, 4) is 0 Å². The van der Waals surface area contributed by atoms with Gasteiger partial charge in [-0.1, -0.05) is 41.4 Å². The maximum Gasteiger partial charge on any atom is 0.331 e. The molecule has 0 heterocycles. The highest BCUT2D eigenvalue weighted by molar-refractivity contribution is 6.42. The van der Waals surface area contributed by atoms with Crippen molar-refractivity contribution in [1.29, 1.82) is 0 Å². The molecule has 0 saturated heterocycles. The molecule has 0 unspecified atom stereocenters. The van der Waals surface area contributed by atoms with Crippen LogP contribution in [0.4, 0.5) is 10.1 Å². The molecule has 0 aliphatic carbocycles. The van der Waals surface area contributed by atoms with Crippen LogP contribution in [-0.2, 0) is 14.3 Å². The molecule has 124 valence electrons. The molecule has 0 aliphatic heterocycles. The monoisotopic (exact) mass is 367 g/mol. The normalized spacial score (nSPS) is 10.6. The third kappa shape index (κ3) is 5.37. The third-order valence-corrected chi connectivity index (χ3v) is 3.59. The Morgan fingerprint density at radius 3 is 2.58 bits per heavy atom.